The number of β-amino-alcohol motifs (C(OH)–C–C–N with tert-alkyl or cyclic N) is 1. The average molecular weight is 334 g/mol. The zero-order valence-corrected chi connectivity index (χ0v) is 14.4. The van der Waals surface area contributed by atoms with Gasteiger partial charge in [-0.1, -0.05) is 18.2 Å². The summed E-state index contributed by atoms with van der Waals surface area (Å²) in [6.07, 6.45) is 2.26. The molecule has 1 aromatic carbocycles. The highest BCUT2D eigenvalue weighted by atomic mass is 16.4. The maximum absolute atomic E-state index is 11.8. The summed E-state index contributed by atoms with van der Waals surface area (Å²) in [4.78, 5) is 26.7. The fourth-order valence-corrected chi connectivity index (χ4v) is 3.22. The minimum absolute atomic E-state index is 0.0109. The highest BCUT2D eigenvalue weighted by molar-refractivity contribution is 5.89. The van der Waals surface area contributed by atoms with E-state index in [9.17, 15) is 19.8 Å². The molecule has 0 bridgehead atoms. The predicted molar refractivity (Wildman–Crippen MR) is 90.8 cm³/mol. The number of carboxylic acid groups (broad SMARTS) is 1. The summed E-state index contributed by atoms with van der Waals surface area (Å²) in [5.41, 5.74) is 0.162. The van der Waals surface area contributed by atoms with Crippen LogP contribution in [-0.4, -0.2) is 64.7 Å². The maximum Gasteiger partial charge on any atom is 0.336 e. The van der Waals surface area contributed by atoms with E-state index in [4.69, 9.17) is 0 Å². The second kappa shape index (κ2) is 7.77. The first kappa shape index (κ1) is 18.4. The van der Waals surface area contributed by atoms with E-state index in [-0.39, 0.29) is 5.91 Å². The molecule has 6 heteroatoms. The zero-order valence-electron chi connectivity index (χ0n) is 14.4. The molecule has 1 aliphatic rings. The van der Waals surface area contributed by atoms with Crippen molar-refractivity contribution in [3.63, 3.8) is 0 Å². The summed E-state index contributed by atoms with van der Waals surface area (Å²) in [6, 6.07) is 6.95. The lowest BCUT2D eigenvalue weighted by Gasteiger charge is -2.39. The van der Waals surface area contributed by atoms with Gasteiger partial charge in [-0.3, -0.25) is 9.69 Å². The average Bonchev–Trinajstić information content (AvgIpc) is 2.53. The van der Waals surface area contributed by atoms with Crippen LogP contribution < -0.4 is 0 Å². The standard InChI is InChI=1S/C18H26N2O4/c1-19(2)16(21)8-10-18(24)9-5-11-20(13-18)12-14-6-3-4-7-15(14)17(22)23/h3-4,6-7,24H,5,8-13H2,1-2H3,(H,22,23). The van der Waals surface area contributed by atoms with Crippen molar-refractivity contribution in [3.8, 4) is 0 Å². The summed E-state index contributed by atoms with van der Waals surface area (Å²) in [5.74, 6) is -0.925. The molecule has 1 amide bonds. The number of carboxylic acids is 1. The quantitative estimate of drug-likeness (QED) is 0.825. The van der Waals surface area contributed by atoms with E-state index < -0.39 is 11.6 Å². The van der Waals surface area contributed by atoms with Gasteiger partial charge in [0.25, 0.3) is 0 Å². The first-order valence-corrected chi connectivity index (χ1v) is 8.27. The summed E-state index contributed by atoms with van der Waals surface area (Å²) in [5, 5.41) is 20.1. The zero-order chi connectivity index (χ0) is 17.7. The van der Waals surface area contributed by atoms with Crippen molar-refractivity contribution in [1.82, 2.24) is 9.80 Å². The number of aliphatic hydroxyl groups is 1. The molecule has 0 spiro atoms. The predicted octanol–water partition coefficient (Wildman–Crippen LogP) is 1.58. The number of rotatable bonds is 6. The molecular weight excluding hydrogens is 308 g/mol. The van der Waals surface area contributed by atoms with Gasteiger partial charge in [0.1, 0.15) is 0 Å². The van der Waals surface area contributed by atoms with Crippen LogP contribution >= 0.6 is 0 Å². The first-order chi connectivity index (χ1) is 11.3. The normalized spacial score (nSPS) is 21.5. The minimum atomic E-state index is -0.936. The molecule has 1 aromatic rings. The molecule has 1 aliphatic heterocycles. The van der Waals surface area contributed by atoms with E-state index in [0.717, 1.165) is 18.5 Å². The number of benzene rings is 1. The number of carbonyl (C=O) groups is 2. The van der Waals surface area contributed by atoms with Crippen LogP contribution in [0.3, 0.4) is 0 Å². The first-order valence-electron chi connectivity index (χ1n) is 8.27. The van der Waals surface area contributed by atoms with Crippen LogP contribution in [0.4, 0.5) is 0 Å². The molecule has 0 aliphatic carbocycles. The summed E-state index contributed by atoms with van der Waals surface area (Å²) in [6.45, 7) is 1.77. The Labute approximate surface area is 142 Å². The molecular formula is C18H26N2O4. The molecule has 1 heterocycles. The fourth-order valence-electron chi connectivity index (χ4n) is 3.22. The van der Waals surface area contributed by atoms with Gasteiger partial charge < -0.3 is 15.1 Å². The number of hydrogen-bond acceptors (Lipinski definition) is 4. The molecule has 0 aromatic heterocycles. The van der Waals surface area contributed by atoms with Gasteiger partial charge in [-0.25, -0.2) is 4.79 Å². The number of nitrogens with zero attached hydrogens (tertiary/aromatic N) is 2. The lowest BCUT2D eigenvalue weighted by atomic mass is 9.87. The third-order valence-electron chi connectivity index (χ3n) is 4.58. The van der Waals surface area contributed by atoms with Crippen molar-refractivity contribution in [3.05, 3.63) is 35.4 Å². The van der Waals surface area contributed by atoms with Gasteiger partial charge in [-0.2, -0.15) is 0 Å². The van der Waals surface area contributed by atoms with Gasteiger partial charge in [0.2, 0.25) is 5.91 Å². The lowest BCUT2D eigenvalue weighted by molar-refractivity contribution is -0.130. The van der Waals surface area contributed by atoms with Gasteiger partial charge in [0.05, 0.1) is 11.2 Å². The van der Waals surface area contributed by atoms with Crippen molar-refractivity contribution >= 4 is 11.9 Å². The van der Waals surface area contributed by atoms with Gasteiger partial charge >= 0.3 is 5.97 Å². The van der Waals surface area contributed by atoms with Crippen LogP contribution in [0.15, 0.2) is 24.3 Å². The molecule has 0 saturated carbocycles. The third-order valence-corrected chi connectivity index (χ3v) is 4.58. The topological polar surface area (TPSA) is 81.1 Å². The van der Waals surface area contributed by atoms with E-state index in [2.05, 4.69) is 4.90 Å². The van der Waals surface area contributed by atoms with Crippen LogP contribution in [0, 0.1) is 0 Å². The van der Waals surface area contributed by atoms with Crippen LogP contribution in [0.2, 0.25) is 0 Å². The van der Waals surface area contributed by atoms with Crippen molar-refractivity contribution in [1.29, 1.82) is 0 Å². The molecule has 1 atom stereocenters. The van der Waals surface area contributed by atoms with Gasteiger partial charge in [0, 0.05) is 33.6 Å². The van der Waals surface area contributed by atoms with Gasteiger partial charge in [-0.15, -0.1) is 0 Å². The largest absolute Gasteiger partial charge is 0.478 e. The van der Waals surface area contributed by atoms with Crippen molar-refractivity contribution in [2.24, 2.45) is 0 Å². The summed E-state index contributed by atoms with van der Waals surface area (Å²) >= 11 is 0. The number of aromatic carboxylic acids is 1. The lowest BCUT2D eigenvalue weighted by Crippen LogP contribution is -2.48. The molecule has 1 fully saturated rings. The number of carbonyl (C=O) groups excluding carboxylic acids is 1. The highest BCUT2D eigenvalue weighted by Gasteiger charge is 2.33. The monoisotopic (exact) mass is 334 g/mol. The fraction of sp³-hybridized carbons (Fsp3) is 0.556. The number of piperidine rings is 1. The van der Waals surface area contributed by atoms with E-state index in [1.165, 1.54) is 4.90 Å². The van der Waals surface area contributed by atoms with E-state index >= 15 is 0 Å². The molecule has 132 valence electrons. The van der Waals surface area contributed by atoms with Crippen LogP contribution in [-0.2, 0) is 11.3 Å². The van der Waals surface area contributed by atoms with Gasteiger partial charge in [-0.05, 0) is 37.4 Å². The number of likely N-dealkylation sites (tertiary alicyclic amines) is 1. The Bertz CT molecular complexity index is 602. The molecule has 24 heavy (non-hydrogen) atoms. The van der Waals surface area contributed by atoms with Crippen LogP contribution in [0.1, 0.15) is 41.6 Å². The maximum atomic E-state index is 11.8. The second-order valence-electron chi connectivity index (χ2n) is 6.79. The van der Waals surface area contributed by atoms with Gasteiger partial charge in [0.15, 0.2) is 0 Å². The smallest absolute Gasteiger partial charge is 0.336 e. The molecule has 0 radical (unpaired) electrons. The van der Waals surface area contributed by atoms with Crippen LogP contribution in [0.5, 0.6) is 0 Å². The van der Waals surface area contributed by atoms with Crippen molar-refractivity contribution in [2.45, 2.75) is 37.8 Å². The van der Waals surface area contributed by atoms with E-state index in [1.807, 2.05) is 12.1 Å². The Kier molecular flexibility index (Phi) is 5.96. The summed E-state index contributed by atoms with van der Waals surface area (Å²) < 4.78 is 0. The summed E-state index contributed by atoms with van der Waals surface area (Å²) in [7, 11) is 3.42. The second-order valence-corrected chi connectivity index (χ2v) is 6.79. The van der Waals surface area contributed by atoms with Crippen molar-refractivity contribution in [2.75, 3.05) is 27.2 Å². The molecule has 6 nitrogen and oxygen atoms in total. The molecule has 1 saturated heterocycles. The minimum Gasteiger partial charge on any atom is -0.478 e. The van der Waals surface area contributed by atoms with E-state index in [1.54, 1.807) is 26.2 Å². The third kappa shape index (κ3) is 4.79. The molecule has 1 unspecified atom stereocenters. The Hall–Kier alpha value is -1.92. The number of hydrogen-bond donors (Lipinski definition) is 2. The number of amides is 1. The van der Waals surface area contributed by atoms with Crippen LogP contribution in [0.25, 0.3) is 0 Å². The Balaban J connectivity index is 2.00. The Morgan fingerprint density at radius 1 is 1.29 bits per heavy atom. The molecule has 2 N–H and O–H groups in total. The molecule has 2 rings (SSSR count). The van der Waals surface area contributed by atoms with E-state index in [0.29, 0.717) is 37.9 Å². The highest BCUT2D eigenvalue weighted by Crippen LogP contribution is 2.27. The Morgan fingerprint density at radius 2 is 2.00 bits per heavy atom. The Morgan fingerprint density at radius 3 is 2.67 bits per heavy atom. The SMILES string of the molecule is CN(C)C(=O)CCC1(O)CCCN(Cc2ccccc2C(=O)O)C1. The van der Waals surface area contributed by atoms with Crippen molar-refractivity contribution < 1.29 is 19.8 Å².